The van der Waals surface area contributed by atoms with Crippen molar-refractivity contribution in [3.63, 3.8) is 0 Å². The number of anilines is 1. The number of carbonyl (C=O) groups is 2. The minimum absolute atomic E-state index is 0. The standard InChI is InChI=1S/C9H8N2.C3H4O4.Cu/c10-8-5-1-3-7-4-2-6-11-9(7)8;4-2(5)1-3(6)7;/h1-6H,10H2;1H2,(H,4,5)(H,6,7);. The molecule has 0 aliphatic carbocycles. The molecule has 0 fully saturated rings. The van der Waals surface area contributed by atoms with Crippen LogP contribution < -0.4 is 5.73 Å². The minimum atomic E-state index is -1.31. The van der Waals surface area contributed by atoms with Gasteiger partial charge in [-0.2, -0.15) is 0 Å². The fourth-order valence-electron chi connectivity index (χ4n) is 1.26. The van der Waals surface area contributed by atoms with E-state index in [4.69, 9.17) is 15.9 Å². The maximum atomic E-state index is 9.43. The van der Waals surface area contributed by atoms with Gasteiger partial charge >= 0.3 is 11.9 Å². The van der Waals surface area contributed by atoms with Crippen LogP contribution in [0.15, 0.2) is 36.5 Å². The summed E-state index contributed by atoms with van der Waals surface area (Å²) >= 11 is 0. The van der Waals surface area contributed by atoms with E-state index in [2.05, 4.69) is 4.98 Å². The second-order valence-corrected chi connectivity index (χ2v) is 3.39. The fourth-order valence-corrected chi connectivity index (χ4v) is 1.26. The smallest absolute Gasteiger partial charge is 0.314 e. The number of aromatic nitrogens is 1. The van der Waals surface area contributed by atoms with Gasteiger partial charge < -0.3 is 15.9 Å². The summed E-state index contributed by atoms with van der Waals surface area (Å²) in [7, 11) is 0. The molecule has 1 heterocycles. The Morgan fingerprint density at radius 2 is 1.68 bits per heavy atom. The number of hydrogen-bond acceptors (Lipinski definition) is 4. The van der Waals surface area contributed by atoms with Crippen molar-refractivity contribution in [2.45, 2.75) is 6.42 Å². The molecule has 0 bridgehead atoms. The summed E-state index contributed by atoms with van der Waals surface area (Å²) in [4.78, 5) is 23.0. The Labute approximate surface area is 119 Å². The molecule has 6 nitrogen and oxygen atoms in total. The molecule has 2 aromatic rings. The van der Waals surface area contributed by atoms with E-state index in [0.717, 1.165) is 16.6 Å². The average Bonchev–Trinajstić information content (AvgIpc) is 2.29. The van der Waals surface area contributed by atoms with Gasteiger partial charge in [0, 0.05) is 28.7 Å². The van der Waals surface area contributed by atoms with E-state index in [9.17, 15) is 9.59 Å². The van der Waals surface area contributed by atoms with Gasteiger partial charge in [0.05, 0.1) is 11.2 Å². The zero-order chi connectivity index (χ0) is 13.5. The van der Waals surface area contributed by atoms with Gasteiger partial charge in [-0.05, 0) is 12.1 Å². The second-order valence-electron chi connectivity index (χ2n) is 3.39. The van der Waals surface area contributed by atoms with Crippen molar-refractivity contribution in [1.82, 2.24) is 4.98 Å². The number of benzene rings is 1. The molecule has 0 spiro atoms. The maximum absolute atomic E-state index is 9.43. The number of carboxylic acid groups (broad SMARTS) is 2. The zero-order valence-corrected chi connectivity index (χ0v) is 10.6. The quantitative estimate of drug-likeness (QED) is 0.438. The number of nitrogen functional groups attached to an aromatic ring is 1. The first-order valence-corrected chi connectivity index (χ1v) is 5.03. The second kappa shape index (κ2) is 8.07. The van der Waals surface area contributed by atoms with Gasteiger partial charge in [0.15, 0.2) is 0 Å². The number of carboxylic acids is 2. The molecule has 7 heteroatoms. The SMILES string of the molecule is Nc1cccc2cccnc12.O=C(O)CC(=O)O.[Cu]. The Balaban J connectivity index is 0.000000360. The van der Waals surface area contributed by atoms with Crippen LogP contribution in [0.1, 0.15) is 6.42 Å². The number of aliphatic carboxylic acids is 2. The summed E-state index contributed by atoms with van der Waals surface area (Å²) in [5.41, 5.74) is 7.32. The van der Waals surface area contributed by atoms with Crippen LogP contribution in [0, 0.1) is 0 Å². The van der Waals surface area contributed by atoms with Gasteiger partial charge in [-0.15, -0.1) is 0 Å². The topological polar surface area (TPSA) is 114 Å². The number of pyridine rings is 1. The van der Waals surface area contributed by atoms with Gasteiger partial charge in [-0.3, -0.25) is 14.6 Å². The van der Waals surface area contributed by atoms with E-state index in [1.807, 2.05) is 30.3 Å². The Morgan fingerprint density at radius 1 is 1.11 bits per heavy atom. The normalized spacial score (nSPS) is 8.84. The molecule has 0 saturated carbocycles. The number of nitrogens with zero attached hydrogens (tertiary/aromatic N) is 1. The fraction of sp³-hybridized carbons (Fsp3) is 0.0833. The van der Waals surface area contributed by atoms with E-state index < -0.39 is 18.4 Å². The summed E-state index contributed by atoms with van der Waals surface area (Å²) in [6, 6.07) is 9.69. The molecular weight excluding hydrogens is 300 g/mol. The van der Waals surface area contributed by atoms with Gasteiger partial charge in [-0.1, -0.05) is 18.2 Å². The van der Waals surface area contributed by atoms with Crippen LogP contribution in [0.2, 0.25) is 0 Å². The molecule has 0 aliphatic heterocycles. The number of hydrogen-bond donors (Lipinski definition) is 3. The van der Waals surface area contributed by atoms with E-state index in [1.165, 1.54) is 0 Å². The average molecular weight is 312 g/mol. The van der Waals surface area contributed by atoms with Gasteiger partial charge in [-0.25, -0.2) is 0 Å². The van der Waals surface area contributed by atoms with Crippen molar-refractivity contribution in [3.8, 4) is 0 Å². The molecular formula is C12H12CuN2O4. The first-order valence-electron chi connectivity index (χ1n) is 5.03. The molecule has 0 unspecified atom stereocenters. The van der Waals surface area contributed by atoms with Crippen molar-refractivity contribution in [1.29, 1.82) is 0 Å². The molecule has 1 aromatic carbocycles. The molecule has 19 heavy (non-hydrogen) atoms. The third-order valence-corrected chi connectivity index (χ3v) is 1.97. The summed E-state index contributed by atoms with van der Waals surface area (Å²) in [6.45, 7) is 0. The number of nitrogens with two attached hydrogens (primary N) is 1. The Morgan fingerprint density at radius 3 is 2.16 bits per heavy atom. The van der Waals surface area contributed by atoms with Crippen molar-refractivity contribution < 1.29 is 36.9 Å². The third-order valence-electron chi connectivity index (χ3n) is 1.97. The molecule has 0 aliphatic rings. The van der Waals surface area contributed by atoms with Crippen molar-refractivity contribution in [2.24, 2.45) is 0 Å². The Hall–Kier alpha value is -2.11. The number of fused-ring (bicyclic) bond motifs is 1. The minimum Gasteiger partial charge on any atom is -0.481 e. The van der Waals surface area contributed by atoms with E-state index in [0.29, 0.717) is 0 Å². The van der Waals surface area contributed by atoms with Gasteiger partial charge in [0.1, 0.15) is 6.42 Å². The van der Waals surface area contributed by atoms with Crippen molar-refractivity contribution in [2.75, 3.05) is 5.73 Å². The number of para-hydroxylation sites is 1. The number of rotatable bonds is 2. The van der Waals surface area contributed by atoms with Crippen LogP contribution in [0.25, 0.3) is 10.9 Å². The molecule has 0 saturated heterocycles. The monoisotopic (exact) mass is 311 g/mol. The van der Waals surface area contributed by atoms with Crippen LogP contribution in [0.5, 0.6) is 0 Å². The Bertz CT molecular complexity index is 557. The Kier molecular flexibility index (Phi) is 7.18. The van der Waals surface area contributed by atoms with Crippen molar-refractivity contribution >= 4 is 28.5 Å². The molecule has 4 N–H and O–H groups in total. The van der Waals surface area contributed by atoms with Crippen LogP contribution in [-0.2, 0) is 26.7 Å². The molecule has 0 atom stereocenters. The first kappa shape index (κ1) is 16.9. The zero-order valence-electron chi connectivity index (χ0n) is 9.71. The summed E-state index contributed by atoms with van der Waals surface area (Å²) in [6.07, 6.45) is 0.943. The van der Waals surface area contributed by atoms with Crippen LogP contribution in [0.4, 0.5) is 5.69 Å². The predicted octanol–water partition coefficient (Wildman–Crippen LogP) is 1.36. The van der Waals surface area contributed by atoms with Crippen LogP contribution in [0.3, 0.4) is 0 Å². The third kappa shape index (κ3) is 5.85. The molecule has 105 valence electrons. The van der Waals surface area contributed by atoms with Gasteiger partial charge in [0.2, 0.25) is 0 Å². The maximum Gasteiger partial charge on any atom is 0.314 e. The molecule has 1 aromatic heterocycles. The van der Waals surface area contributed by atoms with Gasteiger partial charge in [0.25, 0.3) is 0 Å². The van der Waals surface area contributed by atoms with Crippen LogP contribution >= 0.6 is 0 Å². The van der Waals surface area contributed by atoms with Crippen molar-refractivity contribution in [3.05, 3.63) is 36.5 Å². The summed E-state index contributed by atoms with van der Waals surface area (Å²) in [5.74, 6) is -2.62. The van der Waals surface area contributed by atoms with Crippen LogP contribution in [-0.4, -0.2) is 27.1 Å². The van der Waals surface area contributed by atoms with E-state index >= 15 is 0 Å². The molecule has 2 rings (SSSR count). The predicted molar refractivity (Wildman–Crippen MR) is 66.0 cm³/mol. The van der Waals surface area contributed by atoms with E-state index in [-0.39, 0.29) is 17.1 Å². The largest absolute Gasteiger partial charge is 0.481 e. The first-order chi connectivity index (χ1) is 8.50. The molecule has 1 radical (unpaired) electrons. The summed E-state index contributed by atoms with van der Waals surface area (Å²) < 4.78 is 0. The van der Waals surface area contributed by atoms with E-state index in [1.54, 1.807) is 6.20 Å². The molecule has 0 amide bonds. The summed E-state index contributed by atoms with van der Waals surface area (Å²) in [5, 5.41) is 16.5.